The van der Waals surface area contributed by atoms with Gasteiger partial charge >= 0.3 is 0 Å². The number of amides is 3. The van der Waals surface area contributed by atoms with Crippen molar-refractivity contribution in [2.24, 2.45) is 0 Å². The summed E-state index contributed by atoms with van der Waals surface area (Å²) in [4.78, 5) is 97.6. The summed E-state index contributed by atoms with van der Waals surface area (Å²) in [6.45, 7) is 16.1. The van der Waals surface area contributed by atoms with Gasteiger partial charge in [-0.3, -0.25) is 42.5 Å². The Balaban J connectivity index is 0.000000142. The molecule has 0 aliphatic carbocycles. The molecule has 0 saturated heterocycles. The summed E-state index contributed by atoms with van der Waals surface area (Å²) >= 11 is 0. The Bertz CT molecular complexity index is 2660. The minimum absolute atomic E-state index is 0.233. The molecule has 9 heterocycles. The molecule has 0 aromatic carbocycles. The molecule has 0 radical (unpaired) electrons. The van der Waals surface area contributed by atoms with Crippen LogP contribution in [0.15, 0.2) is 88.4 Å². The van der Waals surface area contributed by atoms with E-state index in [0.717, 1.165) is 16.7 Å². The van der Waals surface area contributed by atoms with Crippen LogP contribution in [-0.2, 0) is 17.0 Å². The van der Waals surface area contributed by atoms with Crippen molar-refractivity contribution in [1.29, 1.82) is 0 Å². The zero-order valence-electron chi connectivity index (χ0n) is 35.9. The maximum Gasteiger partial charge on any atom is 0.276 e. The van der Waals surface area contributed by atoms with Gasteiger partial charge < -0.3 is 31.9 Å². The van der Waals surface area contributed by atoms with Crippen molar-refractivity contribution in [2.75, 3.05) is 16.0 Å². The Morgan fingerprint density at radius 3 is 0.921 bits per heavy atom. The van der Waals surface area contributed by atoms with Crippen LogP contribution in [0.25, 0.3) is 0 Å². The summed E-state index contributed by atoms with van der Waals surface area (Å²) in [6.07, 6.45) is 8.95. The van der Waals surface area contributed by atoms with Gasteiger partial charge in [0.1, 0.15) is 87.6 Å². The number of rotatable bonds is 6. The lowest BCUT2D eigenvalue weighted by atomic mass is 10.1. The first-order valence-electron chi connectivity index (χ1n) is 19.6. The van der Waals surface area contributed by atoms with E-state index in [1.807, 2.05) is 0 Å². The Kier molecular flexibility index (Phi) is 11.0. The van der Waals surface area contributed by atoms with Crippen LogP contribution in [0.1, 0.15) is 89.7 Å². The minimum atomic E-state index is -0.752. The number of aryl methyl sites for hydroxylation is 3. The Morgan fingerprint density at radius 1 is 0.444 bits per heavy atom. The number of carbonyl (C=O) groups is 3. The van der Waals surface area contributed by atoms with E-state index in [9.17, 15) is 28.8 Å². The Hall–Kier alpha value is -8.10. The lowest BCUT2D eigenvalue weighted by Gasteiger charge is -2.22. The molecule has 9 rings (SSSR count). The van der Waals surface area contributed by atoms with E-state index in [1.165, 1.54) is 32.7 Å². The number of fused-ring (bicyclic) bond motifs is 3. The molecule has 0 atom stereocenters. The molecule has 21 heteroatoms. The largest absolute Gasteiger partial charge is 0.336 e. The molecule has 0 unspecified atom stereocenters. The van der Waals surface area contributed by atoms with E-state index in [2.05, 4.69) is 61.8 Å². The highest BCUT2D eigenvalue weighted by atomic mass is 16.2. The van der Waals surface area contributed by atoms with Gasteiger partial charge in [0.15, 0.2) is 0 Å². The molecule has 21 nitrogen and oxygen atoms in total. The number of hydrogen-bond donors (Lipinski definition) is 6. The van der Waals surface area contributed by atoms with Gasteiger partial charge in [-0.05, 0) is 115 Å². The number of nitrogens with one attached hydrogen (secondary N) is 6. The van der Waals surface area contributed by atoms with Crippen LogP contribution in [0.5, 0.6) is 0 Å². The average molecular weight is 856 g/mol. The highest BCUT2D eigenvalue weighted by Crippen LogP contribution is 2.28. The number of anilines is 6. The molecule has 63 heavy (non-hydrogen) atoms. The van der Waals surface area contributed by atoms with Crippen molar-refractivity contribution in [3.63, 3.8) is 0 Å². The number of hydrogen-bond acceptors (Lipinski definition) is 15. The number of carbonyl (C=O) groups excluding carboxylic acids is 3. The molecular weight excluding hydrogens is 811 g/mol. The van der Waals surface area contributed by atoms with Crippen molar-refractivity contribution in [3.8, 4) is 0 Å². The topological polar surface area (TPSA) is 267 Å². The van der Waals surface area contributed by atoms with Crippen LogP contribution in [0.3, 0.4) is 0 Å². The predicted octanol–water partition coefficient (Wildman–Crippen LogP) is 3.38. The molecule has 6 aromatic heterocycles. The molecule has 324 valence electrons. The lowest BCUT2D eigenvalue weighted by molar-refractivity contribution is 0.0925. The summed E-state index contributed by atoms with van der Waals surface area (Å²) in [6, 6.07) is 10.00. The Morgan fingerprint density at radius 2 is 0.698 bits per heavy atom. The second-order valence-electron chi connectivity index (χ2n) is 16.4. The fourth-order valence-electron chi connectivity index (χ4n) is 7.63. The standard InChI is InChI=1S/3C14H15N5O2/c3*1-8-6-9(17-10-4-5-15-7-16-10)13(21)19-11(8)12(20)18-14(19,2)3/h3*4-7H,1-3H3,(H,18,20)(H,15,16,17). The van der Waals surface area contributed by atoms with E-state index in [1.54, 1.807) is 117 Å². The molecule has 0 spiro atoms. The first-order chi connectivity index (χ1) is 29.7. The van der Waals surface area contributed by atoms with E-state index >= 15 is 0 Å². The molecule has 6 N–H and O–H groups in total. The van der Waals surface area contributed by atoms with Crippen LogP contribution >= 0.6 is 0 Å². The third kappa shape index (κ3) is 8.22. The predicted molar refractivity (Wildman–Crippen MR) is 233 cm³/mol. The zero-order valence-corrected chi connectivity index (χ0v) is 35.9. The molecule has 0 fully saturated rings. The molecule has 0 saturated carbocycles. The highest BCUT2D eigenvalue weighted by molar-refractivity contribution is 5.98. The summed E-state index contributed by atoms with van der Waals surface area (Å²) in [5.74, 6) is 0.876. The third-order valence-electron chi connectivity index (χ3n) is 10.3. The van der Waals surface area contributed by atoms with Crippen molar-refractivity contribution in [2.45, 2.75) is 79.3 Å². The van der Waals surface area contributed by atoms with E-state index in [-0.39, 0.29) is 34.4 Å². The molecule has 6 aromatic rings. The van der Waals surface area contributed by atoms with Crippen LogP contribution < -0.4 is 48.6 Å². The molecule has 3 aliphatic rings. The van der Waals surface area contributed by atoms with Crippen LogP contribution in [-0.4, -0.2) is 61.3 Å². The quantitative estimate of drug-likeness (QED) is 0.140. The zero-order chi connectivity index (χ0) is 45.6. The summed E-state index contributed by atoms with van der Waals surface area (Å²) < 4.78 is 4.44. The summed E-state index contributed by atoms with van der Waals surface area (Å²) in [7, 11) is 0. The van der Waals surface area contributed by atoms with Crippen molar-refractivity contribution in [1.82, 2.24) is 59.6 Å². The first kappa shape index (κ1) is 43.0. The molecule has 3 amide bonds. The maximum atomic E-state index is 12.6. The van der Waals surface area contributed by atoms with Gasteiger partial charge in [-0.2, -0.15) is 0 Å². The van der Waals surface area contributed by atoms with Crippen molar-refractivity contribution in [3.05, 3.63) is 139 Å². The number of pyridine rings is 3. The monoisotopic (exact) mass is 855 g/mol. The van der Waals surface area contributed by atoms with Crippen LogP contribution in [0.4, 0.5) is 34.5 Å². The molecular formula is C42H45N15O6. The summed E-state index contributed by atoms with van der Waals surface area (Å²) in [5, 5.41) is 17.3. The Labute approximate surface area is 359 Å². The SMILES string of the molecule is Cc1cc(Nc2ccncn2)c(=O)n2c1C(=O)NC2(C)C.Cc1cc(Nc2ccncn2)c(=O)n2c1C(=O)NC2(C)C.Cc1cc(Nc2ccncn2)c(=O)n2c1C(=O)NC2(C)C. The summed E-state index contributed by atoms with van der Waals surface area (Å²) in [5.41, 5.74) is 1.46. The first-order valence-corrected chi connectivity index (χ1v) is 19.6. The fourth-order valence-corrected chi connectivity index (χ4v) is 7.63. The van der Waals surface area contributed by atoms with E-state index < -0.39 is 17.0 Å². The smallest absolute Gasteiger partial charge is 0.276 e. The van der Waals surface area contributed by atoms with Gasteiger partial charge in [-0.15, -0.1) is 0 Å². The van der Waals surface area contributed by atoms with Crippen LogP contribution in [0.2, 0.25) is 0 Å². The molecule has 0 bridgehead atoms. The van der Waals surface area contributed by atoms with Gasteiger partial charge in [0, 0.05) is 18.6 Å². The van der Waals surface area contributed by atoms with Crippen molar-refractivity contribution < 1.29 is 14.4 Å². The number of aromatic nitrogens is 9. The second kappa shape index (κ2) is 16.1. The van der Waals surface area contributed by atoms with E-state index in [0.29, 0.717) is 51.6 Å². The van der Waals surface area contributed by atoms with E-state index in [4.69, 9.17) is 0 Å². The highest BCUT2D eigenvalue weighted by Gasteiger charge is 2.40. The fraction of sp³-hybridized carbons (Fsp3) is 0.286. The maximum absolute atomic E-state index is 12.6. The third-order valence-corrected chi connectivity index (χ3v) is 10.3. The number of nitrogens with zero attached hydrogens (tertiary/aromatic N) is 9. The van der Waals surface area contributed by atoms with Crippen LogP contribution in [0, 0.1) is 20.8 Å². The van der Waals surface area contributed by atoms with Gasteiger partial charge in [-0.1, -0.05) is 0 Å². The molecule has 3 aliphatic heterocycles. The van der Waals surface area contributed by atoms with Gasteiger partial charge in [0.05, 0.1) is 0 Å². The second-order valence-corrected chi connectivity index (χ2v) is 16.4. The van der Waals surface area contributed by atoms with Gasteiger partial charge in [0.2, 0.25) is 0 Å². The minimum Gasteiger partial charge on any atom is -0.336 e. The lowest BCUT2D eigenvalue weighted by Crippen LogP contribution is -2.42. The van der Waals surface area contributed by atoms with Gasteiger partial charge in [-0.25, -0.2) is 29.9 Å². The van der Waals surface area contributed by atoms with Crippen molar-refractivity contribution >= 4 is 52.2 Å². The normalized spacial score (nSPS) is 15.5. The average Bonchev–Trinajstić information content (AvgIpc) is 3.74. The van der Waals surface area contributed by atoms with Gasteiger partial charge in [0.25, 0.3) is 34.4 Å².